The standard InChI is InChI=1S/C29H33F2N3O2/c1-3-29(4-2)15-24-26(20-11-10-18(30)14-23(20)34(24)25(35)16-29)17-12-21(31)27(28(32)36)22(13-17)33-19-8-6-5-7-9-19/h10-14,19,33H,3-9,15-16H2,1-2H3,(H2,32,36). The number of hydrogen-bond acceptors (Lipinski definition) is 3. The molecule has 1 amide bonds. The van der Waals surface area contributed by atoms with Crippen LogP contribution in [0.2, 0.25) is 0 Å². The maximum atomic E-state index is 15.5. The van der Waals surface area contributed by atoms with Gasteiger partial charge in [0, 0.05) is 29.1 Å². The van der Waals surface area contributed by atoms with E-state index in [1.54, 1.807) is 16.7 Å². The molecule has 1 aromatic heterocycles. The zero-order chi connectivity index (χ0) is 25.6. The van der Waals surface area contributed by atoms with E-state index in [-0.39, 0.29) is 22.9 Å². The van der Waals surface area contributed by atoms with E-state index in [2.05, 4.69) is 19.2 Å². The number of benzene rings is 2. The molecule has 190 valence electrons. The molecule has 3 aromatic rings. The number of primary amides is 1. The number of fused-ring (bicyclic) bond motifs is 3. The van der Waals surface area contributed by atoms with E-state index in [0.717, 1.165) is 44.2 Å². The van der Waals surface area contributed by atoms with Gasteiger partial charge in [-0.1, -0.05) is 33.1 Å². The highest BCUT2D eigenvalue weighted by molar-refractivity contribution is 6.06. The fourth-order valence-electron chi connectivity index (χ4n) is 6.24. The van der Waals surface area contributed by atoms with Crippen molar-refractivity contribution in [2.75, 3.05) is 5.32 Å². The van der Waals surface area contributed by atoms with E-state index in [0.29, 0.717) is 40.6 Å². The summed E-state index contributed by atoms with van der Waals surface area (Å²) in [7, 11) is 0. The summed E-state index contributed by atoms with van der Waals surface area (Å²) < 4.78 is 31.4. The number of anilines is 1. The second-order valence-electron chi connectivity index (χ2n) is 10.5. The summed E-state index contributed by atoms with van der Waals surface area (Å²) in [5.41, 5.74) is 8.13. The third-order valence-corrected chi connectivity index (χ3v) is 8.44. The molecule has 5 nitrogen and oxygen atoms in total. The predicted octanol–water partition coefficient (Wildman–Crippen LogP) is 6.82. The molecule has 1 fully saturated rings. The molecule has 1 aliphatic carbocycles. The van der Waals surface area contributed by atoms with Crippen molar-refractivity contribution in [1.82, 2.24) is 4.57 Å². The first kappa shape index (κ1) is 24.5. The topological polar surface area (TPSA) is 77.1 Å². The highest BCUT2D eigenvalue weighted by atomic mass is 19.1. The SMILES string of the molecule is CCC1(CC)CC(=O)n2c(c(-c3cc(F)c(C(N)=O)c(NC4CCCCC4)c3)c3ccc(F)cc32)C1. The molecule has 2 heterocycles. The van der Waals surface area contributed by atoms with Gasteiger partial charge in [0.25, 0.3) is 5.91 Å². The molecule has 3 N–H and O–H groups in total. The van der Waals surface area contributed by atoms with Gasteiger partial charge in [-0.3, -0.25) is 14.2 Å². The van der Waals surface area contributed by atoms with E-state index in [1.807, 2.05) is 0 Å². The molecule has 0 radical (unpaired) electrons. The second-order valence-corrected chi connectivity index (χ2v) is 10.5. The molecule has 1 aliphatic heterocycles. The molecule has 1 saturated carbocycles. The van der Waals surface area contributed by atoms with E-state index in [1.165, 1.54) is 24.6 Å². The molecule has 0 saturated heterocycles. The first-order valence-corrected chi connectivity index (χ1v) is 13.0. The van der Waals surface area contributed by atoms with Crippen molar-refractivity contribution in [2.45, 2.75) is 77.7 Å². The third-order valence-electron chi connectivity index (χ3n) is 8.44. The molecule has 2 aromatic carbocycles. The summed E-state index contributed by atoms with van der Waals surface area (Å²) in [5.74, 6) is -2.03. The maximum absolute atomic E-state index is 15.5. The molecule has 0 spiro atoms. The van der Waals surface area contributed by atoms with Crippen molar-refractivity contribution in [1.29, 1.82) is 0 Å². The number of hydrogen-bond donors (Lipinski definition) is 2. The Morgan fingerprint density at radius 2 is 1.81 bits per heavy atom. The number of nitrogens with two attached hydrogens (primary N) is 1. The van der Waals surface area contributed by atoms with Crippen LogP contribution in [0.3, 0.4) is 0 Å². The van der Waals surface area contributed by atoms with Crippen LogP contribution in [0.5, 0.6) is 0 Å². The minimum atomic E-state index is -0.825. The lowest BCUT2D eigenvalue weighted by molar-refractivity contribution is 0.0769. The van der Waals surface area contributed by atoms with Gasteiger partial charge in [-0.25, -0.2) is 8.78 Å². The average molecular weight is 494 g/mol. The summed E-state index contributed by atoms with van der Waals surface area (Å²) in [5, 5.41) is 4.08. The fraction of sp³-hybridized carbons (Fsp3) is 0.448. The van der Waals surface area contributed by atoms with E-state index < -0.39 is 17.5 Å². The van der Waals surface area contributed by atoms with Gasteiger partial charge < -0.3 is 11.1 Å². The molecule has 0 atom stereocenters. The van der Waals surface area contributed by atoms with Crippen molar-refractivity contribution in [3.63, 3.8) is 0 Å². The Morgan fingerprint density at radius 3 is 2.47 bits per heavy atom. The molecule has 5 rings (SSSR count). The van der Waals surface area contributed by atoms with Crippen LogP contribution < -0.4 is 11.1 Å². The van der Waals surface area contributed by atoms with Crippen molar-refractivity contribution >= 4 is 28.4 Å². The number of halogens is 2. The first-order valence-electron chi connectivity index (χ1n) is 13.0. The molecule has 36 heavy (non-hydrogen) atoms. The van der Waals surface area contributed by atoms with Crippen molar-refractivity contribution in [3.05, 3.63) is 53.2 Å². The Kier molecular flexibility index (Phi) is 6.35. The van der Waals surface area contributed by atoms with Gasteiger partial charge >= 0.3 is 0 Å². The highest BCUT2D eigenvalue weighted by Gasteiger charge is 2.39. The average Bonchev–Trinajstić information content (AvgIpc) is 3.17. The van der Waals surface area contributed by atoms with Gasteiger partial charge in [-0.15, -0.1) is 0 Å². The Morgan fingerprint density at radius 1 is 1.08 bits per heavy atom. The predicted molar refractivity (Wildman–Crippen MR) is 138 cm³/mol. The summed E-state index contributed by atoms with van der Waals surface area (Å²) in [6.07, 6.45) is 7.87. The second kappa shape index (κ2) is 9.34. The number of nitrogens with zero attached hydrogens (tertiary/aromatic N) is 1. The maximum Gasteiger partial charge on any atom is 0.253 e. The number of rotatable bonds is 6. The lowest BCUT2D eigenvalue weighted by Crippen LogP contribution is -2.35. The van der Waals surface area contributed by atoms with Gasteiger partial charge in [-0.2, -0.15) is 0 Å². The molecule has 0 unspecified atom stereocenters. The zero-order valence-electron chi connectivity index (χ0n) is 20.9. The first-order chi connectivity index (χ1) is 17.3. The normalized spacial score (nSPS) is 17.8. The number of nitrogens with one attached hydrogen (secondary N) is 1. The molecular formula is C29H33F2N3O2. The zero-order valence-corrected chi connectivity index (χ0v) is 20.9. The summed E-state index contributed by atoms with van der Waals surface area (Å²) >= 11 is 0. The lowest BCUT2D eigenvalue weighted by atomic mass is 9.72. The molecule has 7 heteroatoms. The number of amides is 1. The van der Waals surface area contributed by atoms with Crippen molar-refractivity contribution < 1.29 is 18.4 Å². The van der Waals surface area contributed by atoms with E-state index in [9.17, 15) is 14.0 Å². The van der Waals surface area contributed by atoms with Crippen LogP contribution in [0.15, 0.2) is 30.3 Å². The molecule has 0 bridgehead atoms. The highest BCUT2D eigenvalue weighted by Crippen LogP contribution is 2.46. The van der Waals surface area contributed by atoms with Gasteiger partial charge in [0.15, 0.2) is 0 Å². The Balaban J connectivity index is 1.74. The number of aromatic nitrogens is 1. The van der Waals surface area contributed by atoms with Crippen LogP contribution >= 0.6 is 0 Å². The smallest absolute Gasteiger partial charge is 0.253 e. The fourth-order valence-corrected chi connectivity index (χ4v) is 6.24. The quantitative estimate of drug-likeness (QED) is 0.395. The van der Waals surface area contributed by atoms with Crippen LogP contribution in [-0.4, -0.2) is 22.4 Å². The Labute approximate surface area is 210 Å². The van der Waals surface area contributed by atoms with Crippen molar-refractivity contribution in [2.24, 2.45) is 11.1 Å². The van der Waals surface area contributed by atoms with Crippen LogP contribution in [0, 0.1) is 17.0 Å². The van der Waals surface area contributed by atoms with Crippen LogP contribution in [0.25, 0.3) is 22.0 Å². The van der Waals surface area contributed by atoms with Gasteiger partial charge in [0.2, 0.25) is 5.91 Å². The van der Waals surface area contributed by atoms with Gasteiger partial charge in [0.05, 0.1) is 16.8 Å². The molecular weight excluding hydrogens is 460 g/mol. The summed E-state index contributed by atoms with van der Waals surface area (Å²) in [6, 6.07) is 7.63. The van der Waals surface area contributed by atoms with E-state index in [4.69, 9.17) is 5.73 Å². The summed E-state index contributed by atoms with van der Waals surface area (Å²) in [6.45, 7) is 4.17. The lowest BCUT2D eigenvalue weighted by Gasteiger charge is -2.36. The van der Waals surface area contributed by atoms with Crippen LogP contribution in [0.4, 0.5) is 14.5 Å². The Bertz CT molecular complexity index is 1350. The monoisotopic (exact) mass is 493 g/mol. The minimum Gasteiger partial charge on any atom is -0.382 e. The van der Waals surface area contributed by atoms with Crippen LogP contribution in [0.1, 0.15) is 86.1 Å². The number of carbonyl (C=O) groups is 2. The van der Waals surface area contributed by atoms with Crippen molar-refractivity contribution in [3.8, 4) is 11.1 Å². The molecule has 2 aliphatic rings. The number of carbonyl (C=O) groups excluding carboxylic acids is 2. The third kappa shape index (κ3) is 4.08. The van der Waals surface area contributed by atoms with Crippen LogP contribution in [-0.2, 0) is 6.42 Å². The largest absolute Gasteiger partial charge is 0.382 e. The Hall–Kier alpha value is -3.22. The van der Waals surface area contributed by atoms with Gasteiger partial charge in [0.1, 0.15) is 11.6 Å². The van der Waals surface area contributed by atoms with Gasteiger partial charge in [-0.05, 0) is 73.4 Å². The summed E-state index contributed by atoms with van der Waals surface area (Å²) in [4.78, 5) is 25.6. The van der Waals surface area contributed by atoms with E-state index >= 15 is 4.39 Å². The minimum absolute atomic E-state index is 0.0726.